The number of nitrogens with one attached hydrogen (secondary N) is 2. The van der Waals surface area contributed by atoms with Crippen LogP contribution in [0.25, 0.3) is 11.0 Å². The van der Waals surface area contributed by atoms with Gasteiger partial charge in [-0.3, -0.25) is 24.1 Å². The van der Waals surface area contributed by atoms with E-state index in [1.807, 2.05) is 20.8 Å². The number of hydrogen-bond acceptors (Lipinski definition) is 6. The minimum atomic E-state index is -0.682. The number of H-pyrrole nitrogens is 1. The summed E-state index contributed by atoms with van der Waals surface area (Å²) in [5, 5.41) is 2.78. The number of aromatic nitrogens is 4. The highest BCUT2D eigenvalue weighted by Gasteiger charge is 2.20. The van der Waals surface area contributed by atoms with Crippen molar-refractivity contribution in [2.45, 2.75) is 46.2 Å². The van der Waals surface area contributed by atoms with E-state index in [1.165, 1.54) is 22.9 Å². The number of pyridine rings is 2. The van der Waals surface area contributed by atoms with Gasteiger partial charge in [-0.2, -0.15) is 0 Å². The fraction of sp³-hybridized carbons (Fsp3) is 0.269. The van der Waals surface area contributed by atoms with E-state index >= 15 is 0 Å². The van der Waals surface area contributed by atoms with Crippen molar-refractivity contribution >= 4 is 16.9 Å². The van der Waals surface area contributed by atoms with Gasteiger partial charge in [0, 0.05) is 25.0 Å². The van der Waals surface area contributed by atoms with Gasteiger partial charge in [0.1, 0.15) is 5.75 Å². The topological polar surface area (TPSA) is 119 Å². The van der Waals surface area contributed by atoms with E-state index in [4.69, 9.17) is 4.74 Å². The van der Waals surface area contributed by atoms with Crippen molar-refractivity contribution in [2.24, 2.45) is 0 Å². The van der Waals surface area contributed by atoms with Gasteiger partial charge in [-0.15, -0.1) is 0 Å². The number of benzene rings is 1. The molecule has 9 nitrogen and oxygen atoms in total. The molecule has 0 spiro atoms. The second-order valence-electron chi connectivity index (χ2n) is 8.60. The monoisotopic (exact) mass is 491 g/mol. The van der Waals surface area contributed by atoms with Crippen LogP contribution in [0.5, 0.6) is 11.5 Å². The van der Waals surface area contributed by atoms with Crippen LogP contribution in [0.15, 0.2) is 58.4 Å². The van der Waals surface area contributed by atoms with Gasteiger partial charge in [-0.05, 0) is 48.2 Å². The van der Waals surface area contributed by atoms with Crippen LogP contribution in [-0.4, -0.2) is 25.4 Å². The summed E-state index contributed by atoms with van der Waals surface area (Å²) < 4.78 is 21.5. The molecule has 1 aromatic carbocycles. The molecule has 0 aliphatic rings. The molecule has 36 heavy (non-hydrogen) atoms. The largest absolute Gasteiger partial charge is 0.453 e. The molecule has 186 valence electrons. The van der Waals surface area contributed by atoms with Gasteiger partial charge < -0.3 is 10.1 Å². The zero-order valence-electron chi connectivity index (χ0n) is 20.2. The van der Waals surface area contributed by atoms with E-state index in [-0.39, 0.29) is 34.8 Å². The van der Waals surface area contributed by atoms with Crippen LogP contribution in [0.3, 0.4) is 0 Å². The number of hydrogen-bond donors (Lipinski definition) is 2. The zero-order valence-corrected chi connectivity index (χ0v) is 20.2. The van der Waals surface area contributed by atoms with Gasteiger partial charge in [0.05, 0.1) is 17.1 Å². The van der Waals surface area contributed by atoms with Crippen LogP contribution in [-0.2, 0) is 13.1 Å². The molecule has 3 heterocycles. The summed E-state index contributed by atoms with van der Waals surface area (Å²) in [7, 11) is 0. The van der Waals surface area contributed by atoms with Gasteiger partial charge in [0.2, 0.25) is 0 Å². The number of aromatic amines is 1. The Morgan fingerprint density at radius 1 is 1.22 bits per heavy atom. The van der Waals surface area contributed by atoms with Gasteiger partial charge in [0.15, 0.2) is 17.2 Å². The molecular weight excluding hydrogens is 465 g/mol. The van der Waals surface area contributed by atoms with Crippen molar-refractivity contribution in [1.82, 2.24) is 24.8 Å². The molecule has 0 saturated heterocycles. The normalized spacial score (nSPS) is 11.1. The van der Waals surface area contributed by atoms with Crippen LogP contribution in [0.2, 0.25) is 0 Å². The van der Waals surface area contributed by atoms with Crippen molar-refractivity contribution in [3.63, 3.8) is 0 Å². The van der Waals surface area contributed by atoms with Crippen molar-refractivity contribution < 1.29 is 13.9 Å². The van der Waals surface area contributed by atoms with Crippen LogP contribution >= 0.6 is 0 Å². The third kappa shape index (κ3) is 5.17. The molecule has 0 atom stereocenters. The molecule has 0 saturated carbocycles. The first-order valence-corrected chi connectivity index (χ1v) is 11.6. The van der Waals surface area contributed by atoms with Gasteiger partial charge in [0.25, 0.3) is 11.5 Å². The van der Waals surface area contributed by atoms with E-state index < -0.39 is 23.0 Å². The predicted molar refractivity (Wildman–Crippen MR) is 133 cm³/mol. The summed E-state index contributed by atoms with van der Waals surface area (Å²) in [6.45, 7) is 6.06. The molecule has 3 aromatic heterocycles. The van der Waals surface area contributed by atoms with E-state index in [9.17, 15) is 18.8 Å². The third-order valence-electron chi connectivity index (χ3n) is 5.56. The molecule has 0 unspecified atom stereocenters. The molecule has 0 radical (unpaired) electrons. The summed E-state index contributed by atoms with van der Waals surface area (Å²) in [6, 6.07) is 9.26. The third-order valence-corrected chi connectivity index (χ3v) is 5.56. The first-order valence-electron chi connectivity index (χ1n) is 11.6. The lowest BCUT2D eigenvalue weighted by Crippen LogP contribution is -2.33. The summed E-state index contributed by atoms with van der Waals surface area (Å²) in [6.07, 6.45) is 3.70. The highest BCUT2D eigenvalue weighted by atomic mass is 19.1. The van der Waals surface area contributed by atoms with E-state index in [1.54, 1.807) is 30.5 Å². The van der Waals surface area contributed by atoms with Crippen LogP contribution in [0.4, 0.5) is 4.39 Å². The number of carbonyl (C=O) groups is 1. The average molecular weight is 492 g/mol. The molecule has 0 bridgehead atoms. The molecule has 10 heteroatoms. The van der Waals surface area contributed by atoms with Crippen LogP contribution in [0, 0.1) is 5.82 Å². The number of ether oxygens (including phenoxy) is 1. The van der Waals surface area contributed by atoms with Crippen LogP contribution < -0.4 is 21.3 Å². The minimum absolute atomic E-state index is 0.0102. The maximum atomic E-state index is 14.6. The molecule has 4 rings (SSSR count). The van der Waals surface area contributed by atoms with Crippen LogP contribution in [0.1, 0.15) is 54.7 Å². The maximum Gasteiger partial charge on any atom is 0.329 e. The molecular formula is C26H26FN5O4. The van der Waals surface area contributed by atoms with Crippen molar-refractivity contribution in [3.8, 4) is 11.5 Å². The van der Waals surface area contributed by atoms with Crippen molar-refractivity contribution in [3.05, 3.63) is 92.3 Å². The lowest BCUT2D eigenvalue weighted by molar-refractivity contribution is 0.0952. The summed E-state index contributed by atoms with van der Waals surface area (Å²) in [5.41, 5.74) is 0.0947. The summed E-state index contributed by atoms with van der Waals surface area (Å²) in [4.78, 5) is 49.1. The van der Waals surface area contributed by atoms with Gasteiger partial charge in [-0.25, -0.2) is 14.2 Å². The number of rotatable bonds is 8. The summed E-state index contributed by atoms with van der Waals surface area (Å²) >= 11 is 0. The standard InChI is InChI=1S/C26H26FN5O4/c1-4-10-32-23-22(25(34)31-26(32)35)18(12-20(30-23)15(2)3)24(33)29-13-16-7-8-21(19(27)11-16)36-17-6-5-9-28-14-17/h5-9,11-12,14-15H,4,10,13H2,1-3H3,(H,29,33)(H,31,34,35). The Morgan fingerprint density at radius 2 is 2.03 bits per heavy atom. The van der Waals surface area contributed by atoms with Gasteiger partial charge >= 0.3 is 5.69 Å². The Labute approximate surface area is 206 Å². The Balaban J connectivity index is 1.63. The molecule has 4 aromatic rings. The Bertz CT molecular complexity index is 1530. The Kier molecular flexibility index (Phi) is 7.23. The SMILES string of the molecule is CCCn1c(=O)[nH]c(=O)c2c(C(=O)NCc3ccc(Oc4cccnc4)c(F)c3)cc(C(C)C)nc21. The number of nitrogens with zero attached hydrogens (tertiary/aromatic N) is 3. The lowest BCUT2D eigenvalue weighted by Gasteiger charge is -2.15. The molecule has 0 fully saturated rings. The molecule has 2 N–H and O–H groups in total. The average Bonchev–Trinajstić information content (AvgIpc) is 2.86. The second-order valence-corrected chi connectivity index (χ2v) is 8.60. The second kappa shape index (κ2) is 10.5. The molecule has 0 aliphatic heterocycles. The smallest absolute Gasteiger partial charge is 0.329 e. The van der Waals surface area contributed by atoms with E-state index in [0.29, 0.717) is 30.0 Å². The number of halogens is 1. The summed E-state index contributed by atoms with van der Waals surface area (Å²) in [5.74, 6) is -0.753. The maximum absolute atomic E-state index is 14.6. The number of fused-ring (bicyclic) bond motifs is 1. The first kappa shape index (κ1) is 24.8. The van der Waals surface area contributed by atoms with Gasteiger partial charge in [-0.1, -0.05) is 26.8 Å². The van der Waals surface area contributed by atoms with Crippen molar-refractivity contribution in [2.75, 3.05) is 0 Å². The Hall–Kier alpha value is -4.34. The quantitative estimate of drug-likeness (QED) is 0.386. The Morgan fingerprint density at radius 3 is 2.69 bits per heavy atom. The van der Waals surface area contributed by atoms with E-state index in [0.717, 1.165) is 0 Å². The molecule has 0 aliphatic carbocycles. The number of amides is 1. The molecule has 1 amide bonds. The highest BCUT2D eigenvalue weighted by molar-refractivity contribution is 6.05. The first-order chi connectivity index (χ1) is 17.3. The minimum Gasteiger partial charge on any atom is -0.453 e. The fourth-order valence-corrected chi connectivity index (χ4v) is 3.75. The van der Waals surface area contributed by atoms with Crippen molar-refractivity contribution in [1.29, 1.82) is 0 Å². The van der Waals surface area contributed by atoms with E-state index in [2.05, 4.69) is 20.3 Å². The number of aryl methyl sites for hydroxylation is 1. The predicted octanol–water partition coefficient (Wildman–Crippen LogP) is 3.87. The highest BCUT2D eigenvalue weighted by Crippen LogP contribution is 2.25. The number of carbonyl (C=O) groups excluding carboxylic acids is 1. The lowest BCUT2D eigenvalue weighted by atomic mass is 10.0. The zero-order chi connectivity index (χ0) is 25.8. The fourth-order valence-electron chi connectivity index (χ4n) is 3.75.